The van der Waals surface area contributed by atoms with Gasteiger partial charge in [0.15, 0.2) is 0 Å². The van der Waals surface area contributed by atoms with Crippen molar-refractivity contribution < 1.29 is 14.3 Å². The van der Waals surface area contributed by atoms with Gasteiger partial charge in [0.25, 0.3) is 0 Å². The molecule has 1 unspecified atom stereocenters. The number of carbonyl (C=O) groups is 1. The molecule has 18 heavy (non-hydrogen) atoms. The summed E-state index contributed by atoms with van der Waals surface area (Å²) in [4.78, 5) is 14.0. The summed E-state index contributed by atoms with van der Waals surface area (Å²) in [5.74, 6) is 0.774. The minimum atomic E-state index is 0.155. The van der Waals surface area contributed by atoms with Crippen LogP contribution in [0.1, 0.15) is 32.1 Å². The molecule has 2 aliphatic heterocycles. The van der Waals surface area contributed by atoms with E-state index < -0.39 is 0 Å². The fourth-order valence-corrected chi connectivity index (χ4v) is 2.70. The van der Waals surface area contributed by atoms with E-state index in [2.05, 4.69) is 0 Å². The quantitative estimate of drug-likeness (QED) is 0.718. The lowest BCUT2D eigenvalue weighted by Crippen LogP contribution is -2.42. The molecular formula is C13H22ClNO3. The van der Waals surface area contributed by atoms with Crippen LogP contribution in [0.2, 0.25) is 0 Å². The molecular weight excluding hydrogens is 254 g/mol. The zero-order valence-electron chi connectivity index (χ0n) is 10.8. The molecule has 0 N–H and O–H groups in total. The summed E-state index contributed by atoms with van der Waals surface area (Å²) in [7, 11) is 0. The molecule has 2 saturated heterocycles. The lowest BCUT2D eigenvalue weighted by molar-refractivity contribution is -0.136. The summed E-state index contributed by atoms with van der Waals surface area (Å²) < 4.78 is 11.1. The van der Waals surface area contributed by atoms with E-state index in [1.807, 2.05) is 4.90 Å². The lowest BCUT2D eigenvalue weighted by atomic mass is 10.1. The van der Waals surface area contributed by atoms with Crippen LogP contribution in [0.25, 0.3) is 0 Å². The largest absolute Gasteiger partial charge is 0.378 e. The van der Waals surface area contributed by atoms with Crippen molar-refractivity contribution in [2.24, 2.45) is 0 Å². The van der Waals surface area contributed by atoms with Gasteiger partial charge >= 0.3 is 0 Å². The topological polar surface area (TPSA) is 38.8 Å². The highest BCUT2D eigenvalue weighted by molar-refractivity contribution is 6.17. The molecule has 0 aromatic carbocycles. The van der Waals surface area contributed by atoms with E-state index in [1.165, 1.54) is 0 Å². The Balaban J connectivity index is 1.66. The second kappa shape index (κ2) is 7.31. The van der Waals surface area contributed by atoms with E-state index in [0.717, 1.165) is 45.4 Å². The smallest absolute Gasteiger partial charge is 0.225 e. The van der Waals surface area contributed by atoms with Crippen LogP contribution in [0.5, 0.6) is 0 Å². The molecule has 1 atom stereocenters. The fourth-order valence-electron chi connectivity index (χ4n) is 2.61. The summed E-state index contributed by atoms with van der Waals surface area (Å²) in [6.07, 6.45) is 4.95. The van der Waals surface area contributed by atoms with E-state index in [-0.39, 0.29) is 18.1 Å². The fraction of sp³-hybridized carbons (Fsp3) is 0.923. The van der Waals surface area contributed by atoms with Crippen LogP contribution in [-0.2, 0) is 14.3 Å². The first-order valence-corrected chi connectivity index (χ1v) is 7.40. The molecule has 2 heterocycles. The second-order valence-electron chi connectivity index (χ2n) is 4.98. The van der Waals surface area contributed by atoms with Crippen LogP contribution in [0.15, 0.2) is 0 Å². The number of hydrogen-bond donors (Lipinski definition) is 0. The van der Waals surface area contributed by atoms with Crippen LogP contribution in [0.3, 0.4) is 0 Å². The average Bonchev–Trinajstić information content (AvgIpc) is 2.89. The van der Waals surface area contributed by atoms with Crippen molar-refractivity contribution in [1.82, 2.24) is 4.90 Å². The first-order chi connectivity index (χ1) is 8.79. The number of hydrogen-bond acceptors (Lipinski definition) is 3. The number of piperidine rings is 1. The molecule has 0 aliphatic carbocycles. The summed E-state index contributed by atoms with van der Waals surface area (Å²) in [5.41, 5.74) is 0. The van der Waals surface area contributed by atoms with Gasteiger partial charge in [-0.05, 0) is 25.7 Å². The van der Waals surface area contributed by atoms with Gasteiger partial charge in [-0.15, -0.1) is 11.6 Å². The summed E-state index contributed by atoms with van der Waals surface area (Å²) >= 11 is 5.59. The van der Waals surface area contributed by atoms with Crippen molar-refractivity contribution in [2.45, 2.75) is 44.3 Å². The van der Waals surface area contributed by atoms with E-state index >= 15 is 0 Å². The van der Waals surface area contributed by atoms with Gasteiger partial charge in [-0.2, -0.15) is 0 Å². The summed E-state index contributed by atoms with van der Waals surface area (Å²) in [6, 6.07) is 0. The molecule has 4 nitrogen and oxygen atoms in total. The highest BCUT2D eigenvalue weighted by atomic mass is 35.5. The molecule has 2 fully saturated rings. The predicted octanol–water partition coefficient (Wildman–Crippen LogP) is 1.80. The number of alkyl halides is 1. The Hall–Kier alpha value is -0.320. The molecule has 0 radical (unpaired) electrons. The average molecular weight is 276 g/mol. The van der Waals surface area contributed by atoms with Crippen LogP contribution >= 0.6 is 11.6 Å². The Labute approximate surface area is 114 Å². The van der Waals surface area contributed by atoms with Crippen LogP contribution in [-0.4, -0.2) is 55.2 Å². The number of ether oxygens (including phenoxy) is 2. The standard InChI is InChI=1S/C13H22ClNO3/c14-5-9-18-11-3-6-15(7-4-11)13(16)10-12-2-1-8-17-12/h11-12H,1-10H2. The normalized spacial score (nSPS) is 25.6. The first kappa shape index (κ1) is 14.1. The number of amides is 1. The summed E-state index contributed by atoms with van der Waals surface area (Å²) in [6.45, 7) is 3.03. The lowest BCUT2D eigenvalue weighted by Gasteiger charge is -2.32. The number of rotatable bonds is 5. The van der Waals surface area contributed by atoms with Gasteiger partial charge in [0.1, 0.15) is 0 Å². The number of likely N-dealkylation sites (tertiary alicyclic amines) is 1. The van der Waals surface area contributed by atoms with Gasteiger partial charge in [0, 0.05) is 25.6 Å². The van der Waals surface area contributed by atoms with Crippen molar-refractivity contribution in [1.29, 1.82) is 0 Å². The Kier molecular flexibility index (Phi) is 5.73. The van der Waals surface area contributed by atoms with E-state index in [4.69, 9.17) is 21.1 Å². The van der Waals surface area contributed by atoms with Crippen LogP contribution in [0, 0.1) is 0 Å². The molecule has 5 heteroatoms. The second-order valence-corrected chi connectivity index (χ2v) is 5.36. The maximum absolute atomic E-state index is 12.1. The minimum absolute atomic E-state index is 0.155. The monoisotopic (exact) mass is 275 g/mol. The number of carbonyl (C=O) groups excluding carboxylic acids is 1. The van der Waals surface area contributed by atoms with Gasteiger partial charge < -0.3 is 14.4 Å². The van der Waals surface area contributed by atoms with Crippen molar-refractivity contribution >= 4 is 17.5 Å². The maximum atomic E-state index is 12.1. The Morgan fingerprint density at radius 2 is 2.11 bits per heavy atom. The van der Waals surface area contributed by atoms with Gasteiger partial charge in [0.05, 0.1) is 25.2 Å². The third kappa shape index (κ3) is 4.11. The van der Waals surface area contributed by atoms with Gasteiger partial charge in [-0.1, -0.05) is 0 Å². The number of nitrogens with zero attached hydrogens (tertiary/aromatic N) is 1. The van der Waals surface area contributed by atoms with Gasteiger partial charge in [0.2, 0.25) is 5.91 Å². The SMILES string of the molecule is O=C(CC1CCCO1)N1CCC(OCCCl)CC1. The third-order valence-corrected chi connectivity index (χ3v) is 3.81. The van der Waals surface area contributed by atoms with E-state index in [9.17, 15) is 4.79 Å². The maximum Gasteiger partial charge on any atom is 0.225 e. The first-order valence-electron chi connectivity index (χ1n) is 6.86. The number of halogens is 1. The molecule has 0 aromatic rings. The molecule has 2 rings (SSSR count). The predicted molar refractivity (Wildman–Crippen MR) is 69.9 cm³/mol. The van der Waals surface area contributed by atoms with E-state index in [0.29, 0.717) is 18.9 Å². The van der Waals surface area contributed by atoms with Gasteiger partial charge in [-0.3, -0.25) is 4.79 Å². The van der Waals surface area contributed by atoms with Crippen molar-refractivity contribution in [3.63, 3.8) is 0 Å². The third-order valence-electron chi connectivity index (χ3n) is 3.65. The zero-order chi connectivity index (χ0) is 12.8. The molecule has 0 bridgehead atoms. The van der Waals surface area contributed by atoms with Crippen LogP contribution in [0.4, 0.5) is 0 Å². The van der Waals surface area contributed by atoms with E-state index in [1.54, 1.807) is 0 Å². The zero-order valence-corrected chi connectivity index (χ0v) is 11.5. The summed E-state index contributed by atoms with van der Waals surface area (Å²) in [5, 5.41) is 0. The minimum Gasteiger partial charge on any atom is -0.378 e. The van der Waals surface area contributed by atoms with Crippen molar-refractivity contribution in [3.8, 4) is 0 Å². The van der Waals surface area contributed by atoms with Crippen molar-refractivity contribution in [2.75, 3.05) is 32.2 Å². The molecule has 104 valence electrons. The highest BCUT2D eigenvalue weighted by Gasteiger charge is 2.26. The van der Waals surface area contributed by atoms with Crippen molar-refractivity contribution in [3.05, 3.63) is 0 Å². The Morgan fingerprint density at radius 3 is 2.72 bits per heavy atom. The van der Waals surface area contributed by atoms with Gasteiger partial charge in [-0.25, -0.2) is 0 Å². The molecule has 2 aliphatic rings. The Bertz CT molecular complexity index is 261. The molecule has 0 saturated carbocycles. The highest BCUT2D eigenvalue weighted by Crippen LogP contribution is 2.19. The molecule has 0 spiro atoms. The Morgan fingerprint density at radius 1 is 1.33 bits per heavy atom. The molecule has 0 aromatic heterocycles. The molecule has 1 amide bonds. The van der Waals surface area contributed by atoms with Crippen LogP contribution < -0.4 is 0 Å².